The van der Waals surface area contributed by atoms with Gasteiger partial charge in [-0.15, -0.1) is 0 Å². The Kier molecular flexibility index (Phi) is 5.80. The quantitative estimate of drug-likeness (QED) is 0.718. The van der Waals surface area contributed by atoms with Crippen LogP contribution in [-0.4, -0.2) is 6.54 Å². The van der Waals surface area contributed by atoms with E-state index in [1.807, 2.05) is 37.3 Å². The molecule has 0 bridgehead atoms. The molecule has 0 amide bonds. The monoisotopic (exact) mass is 369 g/mol. The summed E-state index contributed by atoms with van der Waals surface area (Å²) in [5.74, 6) is -0.222. The second kappa shape index (κ2) is 7.39. The Hall–Kier alpha value is -0.900. The van der Waals surface area contributed by atoms with Crippen LogP contribution in [0.15, 0.2) is 40.9 Å². The van der Waals surface area contributed by atoms with Gasteiger partial charge in [-0.1, -0.05) is 36.7 Å². The Labute approximate surface area is 138 Å². The van der Waals surface area contributed by atoms with E-state index in [-0.39, 0.29) is 11.9 Å². The fourth-order valence-electron chi connectivity index (χ4n) is 2.38. The maximum absolute atomic E-state index is 14.5. The third kappa shape index (κ3) is 3.85. The standard InChI is InChI=1S/C17H18BrClFN/c1-3-9-21-17(13-8-7-12(19)10-11(13)2)14-5-4-6-15(18)16(14)20/h4-8,10,17,21H,3,9H2,1-2H3. The van der Waals surface area contributed by atoms with E-state index in [9.17, 15) is 4.39 Å². The van der Waals surface area contributed by atoms with Gasteiger partial charge in [0.05, 0.1) is 10.5 Å². The highest BCUT2D eigenvalue weighted by Gasteiger charge is 2.20. The number of aryl methyl sites for hydroxylation is 1. The molecule has 0 saturated heterocycles. The molecule has 21 heavy (non-hydrogen) atoms. The van der Waals surface area contributed by atoms with Crippen molar-refractivity contribution in [3.05, 3.63) is 68.4 Å². The Morgan fingerprint density at radius 3 is 2.67 bits per heavy atom. The zero-order valence-electron chi connectivity index (χ0n) is 12.1. The fraction of sp³-hybridized carbons (Fsp3) is 0.294. The molecule has 0 heterocycles. The van der Waals surface area contributed by atoms with Crippen molar-refractivity contribution in [1.29, 1.82) is 0 Å². The molecule has 0 aliphatic carbocycles. The molecule has 1 atom stereocenters. The van der Waals surface area contributed by atoms with E-state index in [0.717, 1.165) is 24.1 Å². The van der Waals surface area contributed by atoms with Gasteiger partial charge in [-0.05, 0) is 65.1 Å². The fourth-order valence-corrected chi connectivity index (χ4v) is 2.99. The van der Waals surface area contributed by atoms with Gasteiger partial charge in [0.25, 0.3) is 0 Å². The lowest BCUT2D eigenvalue weighted by atomic mass is 9.94. The van der Waals surface area contributed by atoms with E-state index in [1.54, 1.807) is 6.07 Å². The third-order valence-electron chi connectivity index (χ3n) is 3.43. The van der Waals surface area contributed by atoms with Crippen molar-refractivity contribution in [3.63, 3.8) is 0 Å². The first-order chi connectivity index (χ1) is 10.0. The molecule has 0 aliphatic rings. The lowest BCUT2D eigenvalue weighted by molar-refractivity contribution is 0.542. The lowest BCUT2D eigenvalue weighted by Gasteiger charge is -2.22. The molecule has 2 aromatic rings. The SMILES string of the molecule is CCCNC(c1ccc(Cl)cc1C)c1cccc(Br)c1F. The van der Waals surface area contributed by atoms with Gasteiger partial charge in [-0.2, -0.15) is 0 Å². The first-order valence-corrected chi connectivity index (χ1v) is 8.15. The molecule has 112 valence electrons. The van der Waals surface area contributed by atoms with Crippen LogP contribution in [0.1, 0.15) is 36.1 Å². The highest BCUT2D eigenvalue weighted by Crippen LogP contribution is 2.31. The summed E-state index contributed by atoms with van der Waals surface area (Å²) in [5, 5.41) is 4.12. The maximum atomic E-state index is 14.5. The molecule has 0 spiro atoms. The van der Waals surface area contributed by atoms with E-state index in [2.05, 4.69) is 28.2 Å². The number of benzene rings is 2. The average Bonchev–Trinajstić information content (AvgIpc) is 2.45. The summed E-state index contributed by atoms with van der Waals surface area (Å²) in [6, 6.07) is 10.9. The van der Waals surface area contributed by atoms with Crippen LogP contribution in [-0.2, 0) is 0 Å². The highest BCUT2D eigenvalue weighted by molar-refractivity contribution is 9.10. The minimum atomic E-state index is -0.222. The second-order valence-electron chi connectivity index (χ2n) is 5.03. The predicted octanol–water partition coefficient (Wildman–Crippen LogP) is 5.64. The van der Waals surface area contributed by atoms with Gasteiger partial charge < -0.3 is 5.32 Å². The number of hydrogen-bond acceptors (Lipinski definition) is 1. The minimum Gasteiger partial charge on any atom is -0.306 e. The molecular weight excluding hydrogens is 353 g/mol. The van der Waals surface area contributed by atoms with Crippen LogP contribution in [0, 0.1) is 12.7 Å². The highest BCUT2D eigenvalue weighted by atomic mass is 79.9. The van der Waals surface area contributed by atoms with E-state index >= 15 is 0 Å². The molecule has 0 fully saturated rings. The van der Waals surface area contributed by atoms with E-state index in [0.29, 0.717) is 15.1 Å². The zero-order valence-corrected chi connectivity index (χ0v) is 14.4. The van der Waals surface area contributed by atoms with Crippen LogP contribution in [0.4, 0.5) is 4.39 Å². The van der Waals surface area contributed by atoms with Crippen molar-refractivity contribution in [1.82, 2.24) is 5.32 Å². The molecular formula is C17H18BrClFN. The maximum Gasteiger partial charge on any atom is 0.142 e. The Bertz CT molecular complexity index is 630. The molecule has 1 unspecified atom stereocenters. The predicted molar refractivity (Wildman–Crippen MR) is 90.4 cm³/mol. The number of nitrogens with one attached hydrogen (secondary N) is 1. The molecule has 2 rings (SSSR count). The van der Waals surface area contributed by atoms with Crippen LogP contribution in [0.2, 0.25) is 5.02 Å². The zero-order chi connectivity index (χ0) is 15.4. The van der Waals surface area contributed by atoms with Crippen LogP contribution >= 0.6 is 27.5 Å². The molecule has 0 saturated carbocycles. The van der Waals surface area contributed by atoms with E-state index < -0.39 is 0 Å². The molecule has 2 aromatic carbocycles. The third-order valence-corrected chi connectivity index (χ3v) is 4.28. The normalized spacial score (nSPS) is 12.4. The summed E-state index contributed by atoms with van der Waals surface area (Å²) in [6.07, 6.45) is 0.985. The van der Waals surface area contributed by atoms with Crippen LogP contribution in [0.3, 0.4) is 0 Å². The number of rotatable bonds is 5. The summed E-state index contributed by atoms with van der Waals surface area (Å²) >= 11 is 9.29. The molecule has 0 aromatic heterocycles. The van der Waals surface area contributed by atoms with Crippen LogP contribution in [0.5, 0.6) is 0 Å². The Morgan fingerprint density at radius 2 is 2.00 bits per heavy atom. The number of halogens is 3. The molecule has 4 heteroatoms. The first-order valence-electron chi connectivity index (χ1n) is 6.98. The lowest BCUT2D eigenvalue weighted by Crippen LogP contribution is -2.25. The summed E-state index contributed by atoms with van der Waals surface area (Å²) in [5.41, 5.74) is 2.74. The van der Waals surface area contributed by atoms with Crippen molar-refractivity contribution in [2.24, 2.45) is 0 Å². The Balaban J connectivity index is 2.49. The Morgan fingerprint density at radius 1 is 1.24 bits per heavy atom. The van der Waals surface area contributed by atoms with Crippen molar-refractivity contribution in [2.45, 2.75) is 26.3 Å². The largest absolute Gasteiger partial charge is 0.306 e. The molecule has 1 nitrogen and oxygen atoms in total. The number of hydrogen-bond donors (Lipinski definition) is 1. The summed E-state index contributed by atoms with van der Waals surface area (Å²) in [4.78, 5) is 0. The minimum absolute atomic E-state index is 0.181. The van der Waals surface area contributed by atoms with Crippen molar-refractivity contribution in [2.75, 3.05) is 6.54 Å². The average molecular weight is 371 g/mol. The van der Waals surface area contributed by atoms with Crippen molar-refractivity contribution in [3.8, 4) is 0 Å². The van der Waals surface area contributed by atoms with Gasteiger partial charge in [-0.25, -0.2) is 4.39 Å². The van der Waals surface area contributed by atoms with E-state index in [1.165, 1.54) is 0 Å². The first kappa shape index (κ1) is 16.5. The van der Waals surface area contributed by atoms with Crippen LogP contribution in [0.25, 0.3) is 0 Å². The van der Waals surface area contributed by atoms with Crippen molar-refractivity contribution >= 4 is 27.5 Å². The van der Waals surface area contributed by atoms with Crippen LogP contribution < -0.4 is 5.32 Å². The van der Waals surface area contributed by atoms with Gasteiger partial charge in [-0.3, -0.25) is 0 Å². The second-order valence-corrected chi connectivity index (χ2v) is 6.32. The van der Waals surface area contributed by atoms with Gasteiger partial charge in [0.2, 0.25) is 0 Å². The summed E-state index contributed by atoms with van der Waals surface area (Å²) < 4.78 is 14.9. The van der Waals surface area contributed by atoms with Gasteiger partial charge in [0.1, 0.15) is 5.82 Å². The smallest absolute Gasteiger partial charge is 0.142 e. The summed E-state index contributed by atoms with van der Waals surface area (Å²) in [6.45, 7) is 4.91. The van der Waals surface area contributed by atoms with Gasteiger partial charge in [0, 0.05) is 10.6 Å². The topological polar surface area (TPSA) is 12.0 Å². The van der Waals surface area contributed by atoms with Gasteiger partial charge in [0.15, 0.2) is 0 Å². The van der Waals surface area contributed by atoms with Gasteiger partial charge >= 0.3 is 0 Å². The molecule has 1 N–H and O–H groups in total. The van der Waals surface area contributed by atoms with Crippen molar-refractivity contribution < 1.29 is 4.39 Å². The van der Waals surface area contributed by atoms with E-state index in [4.69, 9.17) is 11.6 Å². The molecule has 0 aliphatic heterocycles. The summed E-state index contributed by atoms with van der Waals surface area (Å²) in [7, 11) is 0. The molecule has 0 radical (unpaired) electrons.